The van der Waals surface area contributed by atoms with Crippen molar-refractivity contribution >= 4 is 17.2 Å². The molecule has 1 saturated heterocycles. The standard InChI is InChI=1S/C16H20N2O2/c1-18-14-8-7-12(10-15(14)20-16(18)19)4-2-5-13-6-3-9-17-11-13/h2,4,7-8,10,13,17H,3,5-6,9,11H2,1H3. The highest BCUT2D eigenvalue weighted by atomic mass is 16.4. The molecule has 0 saturated carbocycles. The summed E-state index contributed by atoms with van der Waals surface area (Å²) in [6.45, 7) is 2.28. The van der Waals surface area contributed by atoms with Crippen LogP contribution in [-0.2, 0) is 7.05 Å². The minimum absolute atomic E-state index is 0.311. The van der Waals surface area contributed by atoms with Gasteiger partial charge in [0.15, 0.2) is 5.58 Å². The Balaban J connectivity index is 1.72. The molecule has 3 rings (SSSR count). The number of hydrogen-bond acceptors (Lipinski definition) is 3. The summed E-state index contributed by atoms with van der Waals surface area (Å²) in [4.78, 5) is 11.4. The Hall–Kier alpha value is -1.81. The second-order valence-corrected chi connectivity index (χ2v) is 5.50. The van der Waals surface area contributed by atoms with Gasteiger partial charge in [0, 0.05) is 7.05 Å². The third-order valence-corrected chi connectivity index (χ3v) is 4.00. The number of nitrogens with zero attached hydrogens (tertiary/aromatic N) is 1. The van der Waals surface area contributed by atoms with Crippen LogP contribution in [0.4, 0.5) is 0 Å². The zero-order valence-corrected chi connectivity index (χ0v) is 11.8. The minimum Gasteiger partial charge on any atom is -0.408 e. The van der Waals surface area contributed by atoms with E-state index in [0.29, 0.717) is 5.58 Å². The highest BCUT2D eigenvalue weighted by molar-refractivity contribution is 5.76. The number of allylic oxidation sites excluding steroid dienone is 1. The number of hydrogen-bond donors (Lipinski definition) is 1. The Morgan fingerprint density at radius 3 is 3.20 bits per heavy atom. The van der Waals surface area contributed by atoms with Gasteiger partial charge in [0.2, 0.25) is 0 Å². The molecular formula is C16H20N2O2. The normalized spacial score (nSPS) is 19.9. The number of oxazole rings is 1. The third-order valence-electron chi connectivity index (χ3n) is 4.00. The largest absolute Gasteiger partial charge is 0.419 e. The number of aryl methyl sites for hydroxylation is 1. The molecule has 1 aliphatic heterocycles. The summed E-state index contributed by atoms with van der Waals surface area (Å²) in [5.41, 5.74) is 2.57. The predicted molar refractivity (Wildman–Crippen MR) is 80.7 cm³/mol. The van der Waals surface area contributed by atoms with Crippen molar-refractivity contribution in [3.05, 3.63) is 40.4 Å². The molecule has 0 amide bonds. The van der Waals surface area contributed by atoms with Gasteiger partial charge < -0.3 is 9.73 Å². The van der Waals surface area contributed by atoms with E-state index >= 15 is 0 Å². The number of fused-ring (bicyclic) bond motifs is 1. The van der Waals surface area contributed by atoms with E-state index in [1.54, 1.807) is 7.05 Å². The summed E-state index contributed by atoms with van der Waals surface area (Å²) in [6, 6.07) is 5.88. The Bertz CT molecular complexity index is 675. The molecule has 20 heavy (non-hydrogen) atoms. The quantitative estimate of drug-likeness (QED) is 0.934. The first-order valence-electron chi connectivity index (χ1n) is 7.21. The van der Waals surface area contributed by atoms with Crippen LogP contribution in [0.5, 0.6) is 0 Å². The van der Waals surface area contributed by atoms with Crippen LogP contribution in [0.25, 0.3) is 17.2 Å². The lowest BCUT2D eigenvalue weighted by Crippen LogP contribution is -2.29. The van der Waals surface area contributed by atoms with Crippen LogP contribution < -0.4 is 11.1 Å². The average Bonchev–Trinajstić information content (AvgIpc) is 2.75. The molecule has 4 nitrogen and oxygen atoms in total. The van der Waals surface area contributed by atoms with Gasteiger partial charge in [-0.3, -0.25) is 4.57 Å². The molecule has 1 fully saturated rings. The van der Waals surface area contributed by atoms with E-state index in [0.717, 1.165) is 36.5 Å². The summed E-state index contributed by atoms with van der Waals surface area (Å²) in [5, 5.41) is 3.43. The molecule has 106 valence electrons. The summed E-state index contributed by atoms with van der Waals surface area (Å²) in [5.74, 6) is 0.438. The van der Waals surface area contributed by atoms with Gasteiger partial charge in [-0.1, -0.05) is 18.2 Å². The van der Waals surface area contributed by atoms with Crippen molar-refractivity contribution in [2.45, 2.75) is 19.3 Å². The lowest BCUT2D eigenvalue weighted by atomic mass is 9.96. The lowest BCUT2D eigenvalue weighted by molar-refractivity contribution is 0.381. The Kier molecular flexibility index (Phi) is 3.74. The van der Waals surface area contributed by atoms with E-state index in [2.05, 4.69) is 17.5 Å². The smallest absolute Gasteiger partial charge is 0.408 e. The van der Waals surface area contributed by atoms with Crippen molar-refractivity contribution in [2.75, 3.05) is 13.1 Å². The maximum Gasteiger partial charge on any atom is 0.419 e. The van der Waals surface area contributed by atoms with E-state index in [9.17, 15) is 4.79 Å². The molecule has 2 aromatic rings. The van der Waals surface area contributed by atoms with Crippen molar-refractivity contribution in [3.8, 4) is 0 Å². The number of benzene rings is 1. The molecule has 1 aromatic heterocycles. The molecule has 0 radical (unpaired) electrons. The van der Waals surface area contributed by atoms with E-state index in [4.69, 9.17) is 4.42 Å². The van der Waals surface area contributed by atoms with Crippen molar-refractivity contribution in [2.24, 2.45) is 13.0 Å². The molecule has 0 spiro atoms. The van der Waals surface area contributed by atoms with Crippen molar-refractivity contribution in [1.29, 1.82) is 0 Å². The van der Waals surface area contributed by atoms with Gasteiger partial charge in [0.05, 0.1) is 5.52 Å². The first kappa shape index (κ1) is 13.2. The molecule has 1 N–H and O–H groups in total. The van der Waals surface area contributed by atoms with Crippen LogP contribution in [0, 0.1) is 5.92 Å². The zero-order chi connectivity index (χ0) is 13.9. The van der Waals surface area contributed by atoms with Crippen molar-refractivity contribution < 1.29 is 4.42 Å². The Morgan fingerprint density at radius 2 is 2.40 bits per heavy atom. The molecule has 1 aromatic carbocycles. The topological polar surface area (TPSA) is 47.2 Å². The highest BCUT2D eigenvalue weighted by Crippen LogP contribution is 2.18. The van der Waals surface area contributed by atoms with E-state index in [1.807, 2.05) is 18.2 Å². The monoisotopic (exact) mass is 272 g/mol. The molecule has 0 bridgehead atoms. The van der Waals surface area contributed by atoms with Gasteiger partial charge in [-0.2, -0.15) is 0 Å². The Labute approximate surface area is 118 Å². The van der Waals surface area contributed by atoms with Crippen molar-refractivity contribution in [3.63, 3.8) is 0 Å². The second kappa shape index (κ2) is 5.67. The number of piperidine rings is 1. The van der Waals surface area contributed by atoms with Crippen LogP contribution in [0.1, 0.15) is 24.8 Å². The van der Waals surface area contributed by atoms with Crippen LogP contribution in [-0.4, -0.2) is 17.7 Å². The van der Waals surface area contributed by atoms with Gasteiger partial charge in [0.25, 0.3) is 0 Å². The SMILES string of the molecule is Cn1c(=O)oc2cc(C=CCC3CCCNC3)ccc21. The molecule has 1 aliphatic rings. The molecular weight excluding hydrogens is 252 g/mol. The van der Waals surface area contributed by atoms with Crippen LogP contribution in [0.3, 0.4) is 0 Å². The zero-order valence-electron chi connectivity index (χ0n) is 11.8. The van der Waals surface area contributed by atoms with Crippen LogP contribution in [0.15, 0.2) is 33.5 Å². The summed E-state index contributed by atoms with van der Waals surface area (Å²) in [6.07, 6.45) is 8.02. The average molecular weight is 272 g/mol. The summed E-state index contributed by atoms with van der Waals surface area (Å²) >= 11 is 0. The molecule has 2 heterocycles. The Morgan fingerprint density at radius 1 is 1.50 bits per heavy atom. The predicted octanol–water partition coefficient (Wildman–Crippen LogP) is 2.53. The fourth-order valence-electron chi connectivity index (χ4n) is 2.78. The maximum atomic E-state index is 11.4. The van der Waals surface area contributed by atoms with E-state index in [1.165, 1.54) is 17.4 Å². The molecule has 1 unspecified atom stereocenters. The molecule has 1 atom stereocenters. The first-order valence-corrected chi connectivity index (χ1v) is 7.21. The summed E-state index contributed by atoms with van der Waals surface area (Å²) < 4.78 is 6.72. The summed E-state index contributed by atoms with van der Waals surface area (Å²) in [7, 11) is 1.72. The van der Waals surface area contributed by atoms with Gasteiger partial charge in [-0.05, 0) is 56.0 Å². The first-order chi connectivity index (χ1) is 9.74. The number of aromatic nitrogens is 1. The fourth-order valence-corrected chi connectivity index (χ4v) is 2.78. The highest BCUT2D eigenvalue weighted by Gasteiger charge is 2.10. The van der Waals surface area contributed by atoms with Gasteiger partial charge in [-0.25, -0.2) is 4.79 Å². The van der Waals surface area contributed by atoms with Gasteiger partial charge in [0.1, 0.15) is 0 Å². The van der Waals surface area contributed by atoms with E-state index in [-0.39, 0.29) is 5.76 Å². The number of rotatable bonds is 3. The molecule has 4 heteroatoms. The van der Waals surface area contributed by atoms with Gasteiger partial charge >= 0.3 is 5.76 Å². The lowest BCUT2D eigenvalue weighted by Gasteiger charge is -2.21. The second-order valence-electron chi connectivity index (χ2n) is 5.50. The van der Waals surface area contributed by atoms with Crippen LogP contribution >= 0.6 is 0 Å². The maximum absolute atomic E-state index is 11.4. The van der Waals surface area contributed by atoms with Crippen LogP contribution in [0.2, 0.25) is 0 Å². The third kappa shape index (κ3) is 2.70. The van der Waals surface area contributed by atoms with Crippen molar-refractivity contribution in [1.82, 2.24) is 9.88 Å². The van der Waals surface area contributed by atoms with E-state index < -0.39 is 0 Å². The van der Waals surface area contributed by atoms with Gasteiger partial charge in [-0.15, -0.1) is 0 Å². The number of nitrogens with one attached hydrogen (secondary N) is 1. The molecule has 0 aliphatic carbocycles. The fraction of sp³-hybridized carbons (Fsp3) is 0.438. The minimum atomic E-state index is -0.311.